The molecule has 1 fully saturated rings. The maximum absolute atomic E-state index is 13.2. The Morgan fingerprint density at radius 2 is 1.65 bits per heavy atom. The maximum Gasteiger partial charge on any atom is 0.416 e. The summed E-state index contributed by atoms with van der Waals surface area (Å²) in [6.45, 7) is 2.73. The first kappa shape index (κ1) is 25.9. The van der Waals surface area contributed by atoms with Crippen molar-refractivity contribution in [3.8, 4) is 0 Å². The molecule has 1 aliphatic heterocycles. The van der Waals surface area contributed by atoms with Crippen LogP contribution in [0.3, 0.4) is 0 Å². The Morgan fingerprint density at radius 3 is 2.21 bits per heavy atom. The second kappa shape index (κ2) is 10.7. The second-order valence-corrected chi connectivity index (χ2v) is 8.25. The molecule has 2 unspecified atom stereocenters. The molecule has 0 spiro atoms. The Labute approximate surface area is 193 Å². The first-order chi connectivity index (χ1) is 16.0. The van der Waals surface area contributed by atoms with Gasteiger partial charge in [-0.05, 0) is 42.2 Å². The van der Waals surface area contributed by atoms with Gasteiger partial charge in [0.15, 0.2) is 0 Å². The van der Waals surface area contributed by atoms with E-state index < -0.39 is 36.2 Å². The molecule has 1 N–H and O–H groups in total. The minimum Gasteiger partial charge on any atom is -0.373 e. The average molecular weight is 488 g/mol. The number of alkyl halides is 6. The maximum atomic E-state index is 13.2. The van der Waals surface area contributed by atoms with Gasteiger partial charge in [0.25, 0.3) is 0 Å². The number of likely N-dealkylation sites (tertiary alicyclic amines) is 1. The van der Waals surface area contributed by atoms with E-state index in [4.69, 9.17) is 4.74 Å². The number of halogens is 6. The topological polar surface area (TPSA) is 41.6 Å². The fourth-order valence-electron chi connectivity index (χ4n) is 3.98. The van der Waals surface area contributed by atoms with Crippen molar-refractivity contribution in [2.45, 2.75) is 50.7 Å². The monoisotopic (exact) mass is 488 g/mol. The van der Waals surface area contributed by atoms with Crippen LogP contribution in [0.25, 0.3) is 0 Å². The number of ether oxygens (including phenoxy) is 1. The number of hydrogen-bond acceptors (Lipinski definition) is 2. The van der Waals surface area contributed by atoms with Crippen LogP contribution in [0.5, 0.6) is 0 Å². The van der Waals surface area contributed by atoms with E-state index in [1.54, 1.807) is 4.90 Å². The molecule has 34 heavy (non-hydrogen) atoms. The van der Waals surface area contributed by atoms with Gasteiger partial charge >= 0.3 is 18.4 Å². The SMILES string of the molecule is CCCNC(=O)N1CCC(OCc2cc(C(F)(F)F)cc(C(F)(F)F)c2)C(c2ccccc2)C1. The van der Waals surface area contributed by atoms with Crippen molar-refractivity contribution in [1.29, 1.82) is 0 Å². The van der Waals surface area contributed by atoms with E-state index in [1.807, 2.05) is 37.3 Å². The Bertz CT molecular complexity index is 930. The highest BCUT2D eigenvalue weighted by atomic mass is 19.4. The molecule has 0 saturated carbocycles. The molecule has 2 atom stereocenters. The van der Waals surface area contributed by atoms with Gasteiger partial charge in [-0.1, -0.05) is 37.3 Å². The van der Waals surface area contributed by atoms with Crippen LogP contribution < -0.4 is 5.32 Å². The summed E-state index contributed by atoms with van der Waals surface area (Å²) in [5.41, 5.74) is -2.08. The fraction of sp³-hybridized carbons (Fsp3) is 0.458. The van der Waals surface area contributed by atoms with Crippen molar-refractivity contribution in [2.75, 3.05) is 19.6 Å². The lowest BCUT2D eigenvalue weighted by Gasteiger charge is -2.38. The second-order valence-electron chi connectivity index (χ2n) is 8.25. The number of nitrogens with one attached hydrogen (secondary N) is 1. The lowest BCUT2D eigenvalue weighted by Crippen LogP contribution is -2.49. The van der Waals surface area contributed by atoms with Crippen molar-refractivity contribution >= 4 is 6.03 Å². The number of amides is 2. The summed E-state index contributed by atoms with van der Waals surface area (Å²) >= 11 is 0. The molecule has 0 aliphatic carbocycles. The van der Waals surface area contributed by atoms with Crippen molar-refractivity contribution in [2.24, 2.45) is 0 Å². The summed E-state index contributed by atoms with van der Waals surface area (Å²) in [5, 5.41) is 2.82. The van der Waals surface area contributed by atoms with Crippen LogP contribution in [0.4, 0.5) is 31.1 Å². The van der Waals surface area contributed by atoms with E-state index in [0.717, 1.165) is 12.0 Å². The van der Waals surface area contributed by atoms with Crippen molar-refractivity contribution < 1.29 is 35.9 Å². The third-order valence-corrected chi connectivity index (χ3v) is 5.70. The van der Waals surface area contributed by atoms with Gasteiger partial charge in [0.1, 0.15) is 0 Å². The van der Waals surface area contributed by atoms with Crippen LogP contribution in [0, 0.1) is 0 Å². The minimum absolute atomic E-state index is 0.101. The molecule has 1 aliphatic rings. The van der Waals surface area contributed by atoms with Gasteiger partial charge in [0, 0.05) is 25.6 Å². The van der Waals surface area contributed by atoms with E-state index in [2.05, 4.69) is 5.32 Å². The number of carbonyl (C=O) groups is 1. The fourth-order valence-corrected chi connectivity index (χ4v) is 3.98. The minimum atomic E-state index is -4.92. The third-order valence-electron chi connectivity index (χ3n) is 5.70. The van der Waals surface area contributed by atoms with Gasteiger partial charge in [-0.3, -0.25) is 0 Å². The number of nitrogens with zero attached hydrogens (tertiary/aromatic N) is 1. The van der Waals surface area contributed by atoms with Crippen LogP contribution >= 0.6 is 0 Å². The van der Waals surface area contributed by atoms with E-state index in [1.165, 1.54) is 0 Å². The van der Waals surface area contributed by atoms with Crippen molar-refractivity contribution in [1.82, 2.24) is 10.2 Å². The van der Waals surface area contributed by atoms with E-state index >= 15 is 0 Å². The molecular weight excluding hydrogens is 462 g/mol. The molecule has 4 nitrogen and oxygen atoms in total. The smallest absolute Gasteiger partial charge is 0.373 e. The number of benzene rings is 2. The molecule has 1 saturated heterocycles. The van der Waals surface area contributed by atoms with Gasteiger partial charge < -0.3 is 15.0 Å². The molecule has 0 aromatic heterocycles. The number of rotatable bonds is 6. The largest absolute Gasteiger partial charge is 0.416 e. The standard InChI is InChI=1S/C24H26F6N2O2/c1-2-9-31-22(33)32-10-8-21(20(14-32)17-6-4-3-5-7-17)34-15-16-11-18(23(25,26)27)13-19(12-16)24(28,29)30/h3-7,11-13,20-21H,2,8-10,14-15H2,1H3,(H,31,33). The van der Waals surface area contributed by atoms with Crippen LogP contribution in [0.1, 0.15) is 47.9 Å². The average Bonchev–Trinajstić information content (AvgIpc) is 2.80. The molecule has 10 heteroatoms. The molecular formula is C24H26F6N2O2. The lowest BCUT2D eigenvalue weighted by atomic mass is 9.88. The van der Waals surface area contributed by atoms with E-state index in [-0.39, 0.29) is 23.6 Å². The van der Waals surface area contributed by atoms with Gasteiger partial charge in [-0.15, -0.1) is 0 Å². The van der Waals surface area contributed by atoms with Crippen LogP contribution in [0.15, 0.2) is 48.5 Å². The summed E-state index contributed by atoms with van der Waals surface area (Å²) in [4.78, 5) is 14.1. The number of urea groups is 1. The summed E-state index contributed by atoms with van der Waals surface area (Å²) in [6.07, 6.45) is -9.14. The first-order valence-corrected chi connectivity index (χ1v) is 11.0. The Kier molecular flexibility index (Phi) is 8.12. The molecule has 2 amide bonds. The zero-order valence-electron chi connectivity index (χ0n) is 18.5. The number of hydrogen-bond donors (Lipinski definition) is 1. The highest BCUT2D eigenvalue weighted by Crippen LogP contribution is 2.37. The highest BCUT2D eigenvalue weighted by molar-refractivity contribution is 5.74. The normalized spacial score (nSPS) is 19.2. The summed E-state index contributed by atoms with van der Waals surface area (Å²) in [6, 6.07) is 10.4. The molecule has 1 heterocycles. The molecule has 2 aromatic carbocycles. The number of piperidine rings is 1. The summed E-state index contributed by atoms with van der Waals surface area (Å²) < 4.78 is 84.9. The van der Waals surface area contributed by atoms with Crippen LogP contribution in [0.2, 0.25) is 0 Å². The van der Waals surface area contributed by atoms with Crippen molar-refractivity contribution in [3.63, 3.8) is 0 Å². The molecule has 3 rings (SSSR count). The first-order valence-electron chi connectivity index (χ1n) is 11.0. The predicted molar refractivity (Wildman–Crippen MR) is 114 cm³/mol. The van der Waals surface area contributed by atoms with Gasteiger partial charge in [-0.25, -0.2) is 4.79 Å². The zero-order chi connectivity index (χ0) is 24.9. The molecule has 0 bridgehead atoms. The van der Waals surface area contributed by atoms with Gasteiger partial charge in [0.05, 0.1) is 23.8 Å². The van der Waals surface area contributed by atoms with E-state index in [9.17, 15) is 31.1 Å². The van der Waals surface area contributed by atoms with Gasteiger partial charge in [-0.2, -0.15) is 26.3 Å². The zero-order valence-corrected chi connectivity index (χ0v) is 18.5. The summed E-state index contributed by atoms with van der Waals surface area (Å²) in [7, 11) is 0. The van der Waals surface area contributed by atoms with Gasteiger partial charge in [0.2, 0.25) is 0 Å². The Hall–Kier alpha value is -2.75. The van der Waals surface area contributed by atoms with Crippen LogP contribution in [-0.2, 0) is 23.7 Å². The van der Waals surface area contributed by atoms with E-state index in [0.29, 0.717) is 38.2 Å². The lowest BCUT2D eigenvalue weighted by molar-refractivity contribution is -0.143. The van der Waals surface area contributed by atoms with Crippen LogP contribution in [-0.4, -0.2) is 36.7 Å². The molecule has 2 aromatic rings. The molecule has 186 valence electrons. The Balaban J connectivity index is 1.80. The Morgan fingerprint density at radius 1 is 1.03 bits per heavy atom. The summed E-state index contributed by atoms with van der Waals surface area (Å²) in [5.74, 6) is -0.282. The third kappa shape index (κ3) is 6.65. The quantitative estimate of drug-likeness (QED) is 0.491. The van der Waals surface area contributed by atoms with Crippen molar-refractivity contribution in [3.05, 3.63) is 70.8 Å². The predicted octanol–water partition coefficient (Wildman–Crippen LogP) is 6.22. The molecule has 0 radical (unpaired) electrons. The highest BCUT2D eigenvalue weighted by Gasteiger charge is 2.37. The number of carbonyl (C=O) groups excluding carboxylic acids is 1.